The maximum absolute atomic E-state index is 13.3. The van der Waals surface area contributed by atoms with Gasteiger partial charge in [0, 0.05) is 24.7 Å². The molecule has 1 aromatic heterocycles. The lowest BCUT2D eigenvalue weighted by molar-refractivity contribution is -0.274. The van der Waals surface area contributed by atoms with Crippen molar-refractivity contribution in [1.82, 2.24) is 9.88 Å². The fraction of sp³-hybridized carbons (Fsp3) is 0.360. The lowest BCUT2D eigenvalue weighted by atomic mass is 9.95. The third kappa shape index (κ3) is 5.82. The maximum atomic E-state index is 13.3. The number of hydrogen-bond acceptors (Lipinski definition) is 4. The normalized spacial score (nSPS) is 15.0. The van der Waals surface area contributed by atoms with Crippen molar-refractivity contribution < 1.29 is 27.8 Å². The SMILES string of the molecule is O=C(O)CCc1cccc2c(-c3ncc(CN4CCCCC4)cc3OC(F)(F)F)cccc12. The molecule has 1 fully saturated rings. The predicted molar refractivity (Wildman–Crippen MR) is 119 cm³/mol. The lowest BCUT2D eigenvalue weighted by Crippen LogP contribution is -2.29. The molecule has 174 valence electrons. The largest absolute Gasteiger partial charge is 0.573 e. The molecule has 0 saturated carbocycles. The highest BCUT2D eigenvalue weighted by Gasteiger charge is 2.33. The van der Waals surface area contributed by atoms with Gasteiger partial charge < -0.3 is 9.84 Å². The molecular formula is C25H25F3N2O3. The summed E-state index contributed by atoms with van der Waals surface area (Å²) in [6.45, 7) is 2.36. The minimum atomic E-state index is -4.85. The van der Waals surface area contributed by atoms with Gasteiger partial charge in [-0.1, -0.05) is 42.8 Å². The van der Waals surface area contributed by atoms with Crippen LogP contribution in [-0.4, -0.2) is 40.4 Å². The highest BCUT2D eigenvalue weighted by Crippen LogP contribution is 2.37. The standard InChI is InChI=1S/C25H25F3N2O3/c26-25(27,28)33-22-14-17(16-30-12-2-1-3-13-30)15-29-24(22)21-9-5-7-19-18(10-11-23(31)32)6-4-8-20(19)21/h4-9,14-15H,1-3,10-13,16H2,(H,31,32). The van der Waals surface area contributed by atoms with Crippen LogP contribution in [0.15, 0.2) is 48.7 Å². The van der Waals surface area contributed by atoms with Gasteiger partial charge in [0.25, 0.3) is 0 Å². The van der Waals surface area contributed by atoms with Crippen LogP contribution in [0.3, 0.4) is 0 Å². The van der Waals surface area contributed by atoms with Crippen LogP contribution in [0.1, 0.15) is 36.8 Å². The quantitative estimate of drug-likeness (QED) is 0.485. The van der Waals surface area contributed by atoms with E-state index in [0.29, 0.717) is 29.5 Å². The van der Waals surface area contributed by atoms with Crippen molar-refractivity contribution in [2.24, 2.45) is 0 Å². The maximum Gasteiger partial charge on any atom is 0.573 e. The van der Waals surface area contributed by atoms with Gasteiger partial charge in [-0.15, -0.1) is 13.2 Å². The van der Waals surface area contributed by atoms with E-state index in [9.17, 15) is 18.0 Å². The highest BCUT2D eigenvalue weighted by molar-refractivity contribution is 5.98. The second-order valence-corrected chi connectivity index (χ2v) is 8.29. The molecule has 1 saturated heterocycles. The third-order valence-corrected chi connectivity index (χ3v) is 5.87. The van der Waals surface area contributed by atoms with Crippen LogP contribution in [0, 0.1) is 0 Å². The van der Waals surface area contributed by atoms with Gasteiger partial charge in [0.2, 0.25) is 0 Å². The van der Waals surface area contributed by atoms with E-state index in [-0.39, 0.29) is 17.9 Å². The van der Waals surface area contributed by atoms with Crippen molar-refractivity contribution >= 4 is 16.7 Å². The zero-order chi connectivity index (χ0) is 23.4. The Labute approximate surface area is 189 Å². The van der Waals surface area contributed by atoms with Crippen LogP contribution in [0.5, 0.6) is 5.75 Å². The zero-order valence-electron chi connectivity index (χ0n) is 18.1. The Morgan fingerprint density at radius 3 is 2.52 bits per heavy atom. The molecule has 2 aromatic carbocycles. The van der Waals surface area contributed by atoms with Gasteiger partial charge in [-0.3, -0.25) is 14.7 Å². The number of rotatable bonds is 7. The molecule has 0 unspecified atom stereocenters. The second-order valence-electron chi connectivity index (χ2n) is 8.29. The molecule has 5 nitrogen and oxygen atoms in total. The van der Waals surface area contributed by atoms with E-state index < -0.39 is 12.3 Å². The first-order valence-electron chi connectivity index (χ1n) is 11.0. The number of hydrogen-bond donors (Lipinski definition) is 1. The van der Waals surface area contributed by atoms with E-state index in [1.807, 2.05) is 12.1 Å². The number of aliphatic carboxylic acids is 1. The van der Waals surface area contributed by atoms with E-state index in [0.717, 1.165) is 36.9 Å². The summed E-state index contributed by atoms with van der Waals surface area (Å²) in [6, 6.07) is 12.1. The molecule has 1 N–H and O–H groups in total. The van der Waals surface area contributed by atoms with E-state index in [1.54, 1.807) is 30.5 Å². The number of carboxylic acid groups (broad SMARTS) is 1. The Hall–Kier alpha value is -3.13. The predicted octanol–water partition coefficient (Wildman–Crippen LogP) is 5.80. The summed E-state index contributed by atoms with van der Waals surface area (Å²) in [5.41, 5.74) is 2.10. The first-order chi connectivity index (χ1) is 15.8. The Balaban J connectivity index is 1.75. The fourth-order valence-electron chi connectivity index (χ4n) is 4.39. The molecule has 33 heavy (non-hydrogen) atoms. The Morgan fingerprint density at radius 1 is 1.06 bits per heavy atom. The molecule has 1 aliphatic rings. The molecule has 0 spiro atoms. The number of nitrogens with zero attached hydrogens (tertiary/aromatic N) is 2. The van der Waals surface area contributed by atoms with Crippen molar-refractivity contribution in [2.45, 2.75) is 45.0 Å². The van der Waals surface area contributed by atoms with Gasteiger partial charge in [0.15, 0.2) is 5.75 Å². The van der Waals surface area contributed by atoms with Crippen molar-refractivity contribution in [3.8, 4) is 17.0 Å². The Morgan fingerprint density at radius 2 is 1.79 bits per heavy atom. The highest BCUT2D eigenvalue weighted by atomic mass is 19.4. The van der Waals surface area contributed by atoms with Gasteiger partial charge in [-0.25, -0.2) is 0 Å². The van der Waals surface area contributed by atoms with E-state index >= 15 is 0 Å². The van der Waals surface area contributed by atoms with Gasteiger partial charge in [-0.2, -0.15) is 0 Å². The van der Waals surface area contributed by atoms with Crippen LogP contribution < -0.4 is 4.74 Å². The van der Waals surface area contributed by atoms with Crippen molar-refractivity contribution in [3.63, 3.8) is 0 Å². The topological polar surface area (TPSA) is 62.7 Å². The van der Waals surface area contributed by atoms with Gasteiger partial charge >= 0.3 is 12.3 Å². The molecule has 2 heterocycles. The minimum absolute atomic E-state index is 0.0325. The van der Waals surface area contributed by atoms with E-state index in [4.69, 9.17) is 5.11 Å². The van der Waals surface area contributed by atoms with Gasteiger partial charge in [0.1, 0.15) is 5.69 Å². The second kappa shape index (κ2) is 9.79. The number of carboxylic acids is 1. The first-order valence-corrected chi connectivity index (χ1v) is 11.0. The molecule has 0 atom stereocenters. The zero-order valence-corrected chi connectivity index (χ0v) is 18.1. The summed E-state index contributed by atoms with van der Waals surface area (Å²) in [7, 11) is 0. The molecule has 4 rings (SSSR count). The fourth-order valence-corrected chi connectivity index (χ4v) is 4.39. The number of fused-ring (bicyclic) bond motifs is 1. The number of likely N-dealkylation sites (tertiary alicyclic amines) is 1. The number of piperidine rings is 1. The Bertz CT molecular complexity index is 1140. The summed E-state index contributed by atoms with van der Waals surface area (Å²) in [5.74, 6) is -1.24. The van der Waals surface area contributed by atoms with Crippen LogP contribution >= 0.6 is 0 Å². The van der Waals surface area contributed by atoms with Gasteiger partial charge in [0.05, 0.1) is 0 Å². The molecule has 3 aromatic rings. The van der Waals surface area contributed by atoms with E-state index in [1.165, 1.54) is 12.5 Å². The van der Waals surface area contributed by atoms with Crippen LogP contribution in [0.25, 0.3) is 22.0 Å². The van der Waals surface area contributed by atoms with E-state index in [2.05, 4.69) is 14.6 Å². The van der Waals surface area contributed by atoms with Crippen LogP contribution in [-0.2, 0) is 17.8 Å². The van der Waals surface area contributed by atoms with Crippen LogP contribution in [0.4, 0.5) is 13.2 Å². The molecule has 0 amide bonds. The monoisotopic (exact) mass is 458 g/mol. The summed E-state index contributed by atoms with van der Waals surface area (Å²) >= 11 is 0. The number of pyridine rings is 1. The van der Waals surface area contributed by atoms with Gasteiger partial charge in [-0.05, 0) is 60.3 Å². The summed E-state index contributed by atoms with van der Waals surface area (Å²) < 4.78 is 44.2. The molecule has 0 radical (unpaired) electrons. The lowest BCUT2D eigenvalue weighted by Gasteiger charge is -2.26. The average molecular weight is 458 g/mol. The molecule has 8 heteroatoms. The van der Waals surface area contributed by atoms with Crippen LogP contribution in [0.2, 0.25) is 0 Å². The first kappa shape index (κ1) is 23.0. The number of carbonyl (C=O) groups is 1. The smallest absolute Gasteiger partial charge is 0.481 e. The Kier molecular flexibility index (Phi) is 6.83. The summed E-state index contributed by atoms with van der Waals surface area (Å²) in [4.78, 5) is 17.6. The minimum Gasteiger partial charge on any atom is -0.481 e. The summed E-state index contributed by atoms with van der Waals surface area (Å²) in [5, 5.41) is 10.5. The average Bonchev–Trinajstić information content (AvgIpc) is 2.77. The number of ether oxygens (including phenoxy) is 1. The van der Waals surface area contributed by atoms with Crippen molar-refractivity contribution in [1.29, 1.82) is 0 Å². The number of benzene rings is 2. The molecule has 0 bridgehead atoms. The number of halogens is 3. The molecule has 1 aliphatic heterocycles. The number of alkyl halides is 3. The number of aryl methyl sites for hydroxylation is 1. The third-order valence-electron chi connectivity index (χ3n) is 5.87. The summed E-state index contributed by atoms with van der Waals surface area (Å²) in [6.07, 6.45) is 0.387. The van der Waals surface area contributed by atoms with Crippen molar-refractivity contribution in [3.05, 3.63) is 59.8 Å². The van der Waals surface area contributed by atoms with Crippen molar-refractivity contribution in [2.75, 3.05) is 13.1 Å². The number of aromatic nitrogens is 1. The molecule has 0 aliphatic carbocycles. The molecular weight excluding hydrogens is 433 g/mol.